The molecule has 0 aliphatic heterocycles. The first-order valence-corrected chi connectivity index (χ1v) is 9.96. The second kappa shape index (κ2) is 8.36. The topological polar surface area (TPSA) is 64.6 Å². The van der Waals surface area contributed by atoms with Gasteiger partial charge in [-0.15, -0.1) is 0 Å². The largest absolute Gasteiger partial charge is 0.493 e. The van der Waals surface area contributed by atoms with Crippen LogP contribution in [0.3, 0.4) is 0 Å². The van der Waals surface area contributed by atoms with E-state index in [2.05, 4.69) is 12.2 Å². The van der Waals surface area contributed by atoms with Gasteiger partial charge in [0.1, 0.15) is 0 Å². The number of hydrogen-bond donors (Lipinski definition) is 1. The summed E-state index contributed by atoms with van der Waals surface area (Å²) in [4.78, 5) is 0.342. The van der Waals surface area contributed by atoms with Crippen molar-refractivity contribution < 1.29 is 17.9 Å². The molecule has 1 atom stereocenters. The van der Waals surface area contributed by atoms with Gasteiger partial charge >= 0.3 is 0 Å². The zero-order valence-electron chi connectivity index (χ0n) is 15.1. The molecule has 136 valence electrons. The average molecular weight is 363 g/mol. The van der Waals surface area contributed by atoms with Crippen LogP contribution in [0, 0.1) is 0 Å². The highest BCUT2D eigenvalue weighted by molar-refractivity contribution is 7.90. The highest BCUT2D eigenvalue weighted by atomic mass is 32.2. The van der Waals surface area contributed by atoms with Gasteiger partial charge in [-0.2, -0.15) is 0 Å². The number of methoxy groups -OCH3 is 2. The summed E-state index contributed by atoms with van der Waals surface area (Å²) in [5.41, 5.74) is 2.21. The standard InChI is InChI=1S/C19H25NO4S/c1-14(11-16-7-10-18(23-2)19(12-16)24-3)20-13-15-5-8-17(9-6-15)25(4,21)22/h5-10,12,14,20H,11,13H2,1-4H3. The molecular weight excluding hydrogens is 338 g/mol. The summed E-state index contributed by atoms with van der Waals surface area (Å²) in [7, 11) is 0.104. The van der Waals surface area contributed by atoms with Gasteiger partial charge < -0.3 is 14.8 Å². The van der Waals surface area contributed by atoms with Crippen LogP contribution in [0.2, 0.25) is 0 Å². The molecule has 0 aliphatic rings. The number of benzene rings is 2. The fourth-order valence-corrected chi connectivity index (χ4v) is 3.21. The van der Waals surface area contributed by atoms with E-state index >= 15 is 0 Å². The minimum Gasteiger partial charge on any atom is -0.493 e. The summed E-state index contributed by atoms with van der Waals surface area (Å²) in [6.07, 6.45) is 2.06. The van der Waals surface area contributed by atoms with Crippen molar-refractivity contribution in [2.24, 2.45) is 0 Å². The van der Waals surface area contributed by atoms with Gasteiger partial charge in [0.05, 0.1) is 19.1 Å². The molecule has 0 amide bonds. The van der Waals surface area contributed by atoms with E-state index < -0.39 is 9.84 Å². The summed E-state index contributed by atoms with van der Waals surface area (Å²) < 4.78 is 33.5. The van der Waals surface area contributed by atoms with Gasteiger partial charge in [-0.05, 0) is 48.7 Å². The third-order valence-corrected chi connectivity index (χ3v) is 5.12. The molecule has 6 heteroatoms. The summed E-state index contributed by atoms with van der Waals surface area (Å²) in [5, 5.41) is 3.45. The van der Waals surface area contributed by atoms with E-state index in [4.69, 9.17) is 9.47 Å². The second-order valence-electron chi connectivity index (χ2n) is 6.09. The summed E-state index contributed by atoms with van der Waals surface area (Å²) >= 11 is 0. The van der Waals surface area contributed by atoms with Crippen molar-refractivity contribution in [3.05, 3.63) is 53.6 Å². The lowest BCUT2D eigenvalue weighted by atomic mass is 10.1. The number of sulfone groups is 1. The predicted octanol–water partition coefficient (Wildman–Crippen LogP) is 2.83. The summed E-state index contributed by atoms with van der Waals surface area (Å²) in [6, 6.07) is 13.1. The van der Waals surface area contributed by atoms with Gasteiger partial charge in [-0.25, -0.2) is 8.42 Å². The Labute approximate surface area is 149 Å². The van der Waals surface area contributed by atoms with Gasteiger partial charge in [-0.1, -0.05) is 18.2 Å². The predicted molar refractivity (Wildman–Crippen MR) is 99.1 cm³/mol. The third kappa shape index (κ3) is 5.47. The van der Waals surface area contributed by atoms with E-state index in [1.54, 1.807) is 26.4 Å². The SMILES string of the molecule is COc1ccc(CC(C)NCc2ccc(S(C)(=O)=O)cc2)cc1OC. The zero-order chi connectivity index (χ0) is 18.4. The fraction of sp³-hybridized carbons (Fsp3) is 0.368. The molecule has 0 aliphatic carbocycles. The van der Waals surface area contributed by atoms with Gasteiger partial charge in [0.25, 0.3) is 0 Å². The fourth-order valence-electron chi connectivity index (χ4n) is 2.58. The van der Waals surface area contributed by atoms with Crippen LogP contribution < -0.4 is 14.8 Å². The van der Waals surface area contributed by atoms with Crippen molar-refractivity contribution in [2.45, 2.75) is 30.8 Å². The van der Waals surface area contributed by atoms with Gasteiger partial charge in [0, 0.05) is 18.8 Å². The van der Waals surface area contributed by atoms with Gasteiger partial charge in [0.2, 0.25) is 0 Å². The molecular formula is C19H25NO4S. The molecule has 0 saturated carbocycles. The van der Waals surface area contributed by atoms with Crippen molar-refractivity contribution in [1.29, 1.82) is 0 Å². The van der Waals surface area contributed by atoms with Crippen LogP contribution in [0.25, 0.3) is 0 Å². The minimum atomic E-state index is -3.15. The molecule has 0 saturated heterocycles. The molecule has 2 aromatic rings. The number of nitrogens with one attached hydrogen (secondary N) is 1. The van der Waals surface area contributed by atoms with Crippen LogP contribution in [-0.4, -0.2) is 34.9 Å². The highest BCUT2D eigenvalue weighted by Gasteiger charge is 2.09. The molecule has 2 aromatic carbocycles. The lowest BCUT2D eigenvalue weighted by Gasteiger charge is -2.15. The highest BCUT2D eigenvalue weighted by Crippen LogP contribution is 2.28. The Balaban J connectivity index is 1.93. The summed E-state index contributed by atoms with van der Waals surface area (Å²) in [5.74, 6) is 1.45. The van der Waals surface area contributed by atoms with Crippen molar-refractivity contribution in [3.8, 4) is 11.5 Å². The Bertz CT molecular complexity index is 801. The molecule has 0 heterocycles. The van der Waals surface area contributed by atoms with Crippen molar-refractivity contribution in [3.63, 3.8) is 0 Å². The van der Waals surface area contributed by atoms with E-state index in [-0.39, 0.29) is 6.04 Å². The smallest absolute Gasteiger partial charge is 0.175 e. The Kier molecular flexibility index (Phi) is 6.45. The average Bonchev–Trinajstić information content (AvgIpc) is 2.59. The van der Waals surface area contributed by atoms with Gasteiger partial charge in [0.15, 0.2) is 21.3 Å². The van der Waals surface area contributed by atoms with Crippen molar-refractivity contribution in [1.82, 2.24) is 5.32 Å². The first-order valence-electron chi connectivity index (χ1n) is 8.06. The van der Waals surface area contributed by atoms with E-state index in [0.29, 0.717) is 11.4 Å². The monoisotopic (exact) mass is 363 g/mol. The van der Waals surface area contributed by atoms with Crippen LogP contribution in [0.15, 0.2) is 47.4 Å². The maximum Gasteiger partial charge on any atom is 0.175 e. The Morgan fingerprint density at radius 2 is 1.56 bits per heavy atom. The van der Waals surface area contributed by atoms with E-state index in [0.717, 1.165) is 29.0 Å². The Hall–Kier alpha value is -2.05. The first kappa shape index (κ1) is 19.3. The minimum absolute atomic E-state index is 0.257. The Morgan fingerprint density at radius 1 is 0.960 bits per heavy atom. The third-order valence-electron chi connectivity index (χ3n) is 4.00. The normalized spacial score (nSPS) is 12.6. The Morgan fingerprint density at radius 3 is 2.12 bits per heavy atom. The lowest BCUT2D eigenvalue weighted by molar-refractivity contribution is 0.354. The molecule has 5 nitrogen and oxygen atoms in total. The molecule has 0 aromatic heterocycles. The number of hydrogen-bond acceptors (Lipinski definition) is 5. The molecule has 2 rings (SSSR count). The molecule has 1 unspecified atom stereocenters. The zero-order valence-corrected chi connectivity index (χ0v) is 15.9. The molecule has 0 radical (unpaired) electrons. The summed E-state index contributed by atoms with van der Waals surface area (Å²) in [6.45, 7) is 2.79. The number of ether oxygens (including phenoxy) is 2. The van der Waals surface area contributed by atoms with Crippen LogP contribution >= 0.6 is 0 Å². The van der Waals surface area contributed by atoms with Crippen molar-refractivity contribution >= 4 is 9.84 Å². The van der Waals surface area contributed by atoms with E-state index in [9.17, 15) is 8.42 Å². The maximum absolute atomic E-state index is 11.5. The quantitative estimate of drug-likeness (QED) is 0.781. The van der Waals surface area contributed by atoms with E-state index in [1.807, 2.05) is 30.3 Å². The van der Waals surface area contributed by atoms with Crippen LogP contribution in [0.1, 0.15) is 18.1 Å². The molecule has 1 N–H and O–H groups in total. The van der Waals surface area contributed by atoms with Crippen LogP contribution in [0.5, 0.6) is 11.5 Å². The van der Waals surface area contributed by atoms with Crippen LogP contribution in [-0.2, 0) is 22.8 Å². The molecule has 0 fully saturated rings. The maximum atomic E-state index is 11.5. The van der Waals surface area contributed by atoms with E-state index in [1.165, 1.54) is 6.26 Å². The number of rotatable bonds is 8. The van der Waals surface area contributed by atoms with Gasteiger partial charge in [-0.3, -0.25) is 0 Å². The first-order chi connectivity index (χ1) is 11.8. The van der Waals surface area contributed by atoms with Crippen molar-refractivity contribution in [2.75, 3.05) is 20.5 Å². The lowest BCUT2D eigenvalue weighted by Crippen LogP contribution is -2.27. The van der Waals surface area contributed by atoms with Crippen LogP contribution in [0.4, 0.5) is 0 Å². The molecule has 0 bridgehead atoms. The molecule has 25 heavy (non-hydrogen) atoms. The second-order valence-corrected chi connectivity index (χ2v) is 8.11. The molecule has 0 spiro atoms.